The van der Waals surface area contributed by atoms with Crippen molar-refractivity contribution in [1.29, 1.82) is 0 Å². The average Bonchev–Trinajstić information content (AvgIpc) is 3.04. The second-order valence-corrected chi connectivity index (χ2v) is 5.59. The summed E-state index contributed by atoms with van der Waals surface area (Å²) in [5.74, 6) is 1.58. The Labute approximate surface area is 106 Å². The lowest BCUT2D eigenvalue weighted by Crippen LogP contribution is -2.30. The van der Waals surface area contributed by atoms with Crippen molar-refractivity contribution in [3.05, 3.63) is 16.4 Å². The van der Waals surface area contributed by atoms with Crippen LogP contribution in [0.5, 0.6) is 0 Å². The Kier molecular flexibility index (Phi) is 3.70. The van der Waals surface area contributed by atoms with E-state index in [4.69, 9.17) is 0 Å². The molecule has 1 heterocycles. The van der Waals surface area contributed by atoms with Gasteiger partial charge >= 0.3 is 0 Å². The molecule has 0 aromatic carbocycles. The third-order valence-electron chi connectivity index (χ3n) is 3.55. The predicted molar refractivity (Wildman–Crippen MR) is 69.2 cm³/mol. The second kappa shape index (κ2) is 4.88. The molecule has 0 spiro atoms. The van der Waals surface area contributed by atoms with Crippen LogP contribution >= 0.6 is 15.9 Å². The minimum absolute atomic E-state index is 0.416. The summed E-state index contributed by atoms with van der Waals surface area (Å²) in [5, 5.41) is 7.91. The molecule has 2 unspecified atom stereocenters. The number of hydrogen-bond acceptors (Lipinski definition) is 2. The van der Waals surface area contributed by atoms with Crippen LogP contribution in [0.2, 0.25) is 0 Å². The fourth-order valence-electron chi connectivity index (χ4n) is 2.42. The van der Waals surface area contributed by atoms with Crippen molar-refractivity contribution in [1.82, 2.24) is 15.1 Å². The third-order valence-corrected chi connectivity index (χ3v) is 4.16. The molecule has 0 radical (unpaired) electrons. The van der Waals surface area contributed by atoms with Gasteiger partial charge in [-0.05, 0) is 47.2 Å². The van der Waals surface area contributed by atoms with Gasteiger partial charge < -0.3 is 5.32 Å². The molecule has 1 aliphatic rings. The van der Waals surface area contributed by atoms with Crippen molar-refractivity contribution in [3.8, 4) is 0 Å². The summed E-state index contributed by atoms with van der Waals surface area (Å²) in [6.45, 7) is 5.51. The number of aryl methyl sites for hydroxylation is 1. The van der Waals surface area contributed by atoms with E-state index in [0.29, 0.717) is 12.0 Å². The van der Waals surface area contributed by atoms with Crippen LogP contribution in [-0.2, 0) is 7.05 Å². The molecule has 2 atom stereocenters. The van der Waals surface area contributed by atoms with Gasteiger partial charge in [-0.1, -0.05) is 13.8 Å². The van der Waals surface area contributed by atoms with Crippen LogP contribution in [0.4, 0.5) is 0 Å². The van der Waals surface area contributed by atoms with E-state index < -0.39 is 0 Å². The lowest BCUT2D eigenvalue weighted by atomic mass is 9.94. The van der Waals surface area contributed by atoms with Crippen LogP contribution in [-0.4, -0.2) is 16.3 Å². The highest BCUT2D eigenvalue weighted by molar-refractivity contribution is 9.10. The van der Waals surface area contributed by atoms with Gasteiger partial charge in [-0.3, -0.25) is 4.68 Å². The van der Waals surface area contributed by atoms with Crippen LogP contribution in [0.25, 0.3) is 0 Å². The zero-order chi connectivity index (χ0) is 11.7. The van der Waals surface area contributed by atoms with E-state index in [-0.39, 0.29) is 0 Å². The van der Waals surface area contributed by atoms with Gasteiger partial charge in [0.25, 0.3) is 0 Å². The van der Waals surface area contributed by atoms with Gasteiger partial charge in [-0.2, -0.15) is 5.10 Å². The molecule has 1 saturated carbocycles. The van der Waals surface area contributed by atoms with E-state index in [1.54, 1.807) is 0 Å². The third kappa shape index (κ3) is 2.33. The number of rotatable bonds is 5. The van der Waals surface area contributed by atoms with E-state index in [0.717, 1.165) is 16.9 Å². The van der Waals surface area contributed by atoms with Crippen LogP contribution < -0.4 is 5.32 Å². The summed E-state index contributed by atoms with van der Waals surface area (Å²) in [5.41, 5.74) is 1.28. The van der Waals surface area contributed by atoms with Gasteiger partial charge in [0, 0.05) is 7.05 Å². The first-order chi connectivity index (χ1) is 7.65. The van der Waals surface area contributed by atoms with Crippen molar-refractivity contribution >= 4 is 15.9 Å². The topological polar surface area (TPSA) is 29.9 Å². The number of nitrogens with one attached hydrogen (secondary N) is 1. The van der Waals surface area contributed by atoms with E-state index in [1.165, 1.54) is 18.5 Å². The molecule has 16 heavy (non-hydrogen) atoms. The summed E-state index contributed by atoms with van der Waals surface area (Å²) in [6, 6.07) is 0.416. The summed E-state index contributed by atoms with van der Waals surface area (Å²) in [7, 11) is 2.02. The SMILES string of the molecule is CCNC(c1c(Br)cnn1C)C(C)C1CC1. The Balaban J connectivity index is 2.23. The number of halogens is 1. The zero-order valence-electron chi connectivity index (χ0n) is 10.2. The maximum absolute atomic E-state index is 4.31. The number of aromatic nitrogens is 2. The maximum atomic E-state index is 4.31. The monoisotopic (exact) mass is 285 g/mol. The molecule has 1 aromatic rings. The first-order valence-corrected chi connectivity index (χ1v) is 6.85. The van der Waals surface area contributed by atoms with Crippen LogP contribution in [0, 0.1) is 11.8 Å². The van der Waals surface area contributed by atoms with Crippen molar-refractivity contribution in [2.45, 2.75) is 32.7 Å². The largest absolute Gasteiger partial charge is 0.309 e. The van der Waals surface area contributed by atoms with Gasteiger partial charge in [-0.15, -0.1) is 0 Å². The van der Waals surface area contributed by atoms with Crippen molar-refractivity contribution in [2.24, 2.45) is 18.9 Å². The molecule has 90 valence electrons. The van der Waals surface area contributed by atoms with E-state index in [9.17, 15) is 0 Å². The highest BCUT2D eigenvalue weighted by atomic mass is 79.9. The van der Waals surface area contributed by atoms with Gasteiger partial charge in [0.15, 0.2) is 0 Å². The minimum Gasteiger partial charge on any atom is -0.309 e. The van der Waals surface area contributed by atoms with Crippen molar-refractivity contribution in [2.75, 3.05) is 6.54 Å². The first-order valence-electron chi connectivity index (χ1n) is 6.06. The molecule has 0 saturated heterocycles. The quantitative estimate of drug-likeness (QED) is 0.902. The van der Waals surface area contributed by atoms with Gasteiger partial charge in [-0.25, -0.2) is 0 Å². The van der Waals surface area contributed by atoms with Crippen LogP contribution in [0.15, 0.2) is 10.7 Å². The van der Waals surface area contributed by atoms with Gasteiger partial charge in [0.05, 0.1) is 22.4 Å². The van der Waals surface area contributed by atoms with E-state index in [2.05, 4.69) is 40.2 Å². The number of hydrogen-bond donors (Lipinski definition) is 1. The molecule has 0 bridgehead atoms. The fraction of sp³-hybridized carbons (Fsp3) is 0.750. The average molecular weight is 286 g/mol. The van der Waals surface area contributed by atoms with Crippen molar-refractivity contribution < 1.29 is 0 Å². The molecular formula is C12H20BrN3. The number of nitrogens with zero attached hydrogens (tertiary/aromatic N) is 2. The lowest BCUT2D eigenvalue weighted by Gasteiger charge is -2.25. The summed E-state index contributed by atoms with van der Waals surface area (Å²) in [6.07, 6.45) is 4.66. The summed E-state index contributed by atoms with van der Waals surface area (Å²) in [4.78, 5) is 0. The zero-order valence-corrected chi connectivity index (χ0v) is 11.8. The molecular weight excluding hydrogens is 266 g/mol. The van der Waals surface area contributed by atoms with E-state index in [1.807, 2.05) is 17.9 Å². The Morgan fingerprint density at radius 3 is 2.75 bits per heavy atom. The smallest absolute Gasteiger partial charge is 0.0695 e. The molecule has 1 fully saturated rings. The second-order valence-electron chi connectivity index (χ2n) is 4.73. The molecule has 1 N–H and O–H groups in total. The Morgan fingerprint density at radius 1 is 1.62 bits per heavy atom. The standard InChI is InChI=1S/C12H20BrN3/c1-4-14-11(8(2)9-5-6-9)12-10(13)7-15-16(12)3/h7-9,11,14H,4-6H2,1-3H3. The lowest BCUT2D eigenvalue weighted by molar-refractivity contribution is 0.338. The Bertz CT molecular complexity index is 338. The first kappa shape index (κ1) is 12.1. The van der Waals surface area contributed by atoms with Crippen LogP contribution in [0.3, 0.4) is 0 Å². The maximum Gasteiger partial charge on any atom is 0.0695 e. The molecule has 2 rings (SSSR count). The predicted octanol–water partition coefficient (Wildman–Crippen LogP) is 2.88. The summed E-state index contributed by atoms with van der Waals surface area (Å²) >= 11 is 3.60. The molecule has 3 nitrogen and oxygen atoms in total. The normalized spacial score (nSPS) is 19.8. The molecule has 0 amide bonds. The molecule has 0 aliphatic heterocycles. The summed E-state index contributed by atoms with van der Waals surface area (Å²) < 4.78 is 3.10. The Morgan fingerprint density at radius 2 is 2.31 bits per heavy atom. The van der Waals surface area contributed by atoms with Gasteiger partial charge in [0.2, 0.25) is 0 Å². The molecule has 1 aliphatic carbocycles. The van der Waals surface area contributed by atoms with Crippen LogP contribution in [0.1, 0.15) is 38.4 Å². The highest BCUT2D eigenvalue weighted by Crippen LogP contribution is 2.43. The Hall–Kier alpha value is -0.350. The van der Waals surface area contributed by atoms with E-state index >= 15 is 0 Å². The van der Waals surface area contributed by atoms with Crippen molar-refractivity contribution in [3.63, 3.8) is 0 Å². The van der Waals surface area contributed by atoms with Gasteiger partial charge in [0.1, 0.15) is 0 Å². The fourth-order valence-corrected chi connectivity index (χ4v) is 3.01. The minimum atomic E-state index is 0.416. The molecule has 1 aromatic heterocycles. The highest BCUT2D eigenvalue weighted by Gasteiger charge is 2.35. The molecule has 4 heteroatoms.